The molecule has 10 atom stereocenters. The van der Waals surface area contributed by atoms with Crippen molar-refractivity contribution >= 4 is 48.1 Å². The molecule has 3 aliphatic heterocycles. The quantitative estimate of drug-likeness (QED) is 0.115. The van der Waals surface area contributed by atoms with E-state index in [0.717, 1.165) is 4.68 Å². The minimum Gasteiger partial charge on any atom is -0.394 e. The van der Waals surface area contributed by atoms with Gasteiger partial charge in [-0.15, -0.1) is 5.10 Å². The summed E-state index contributed by atoms with van der Waals surface area (Å²) in [7, 11) is 0. The van der Waals surface area contributed by atoms with Crippen molar-refractivity contribution in [2.24, 2.45) is 10.7 Å². The van der Waals surface area contributed by atoms with Crippen LogP contribution in [0.3, 0.4) is 0 Å². The molecule has 228 valence electrons. The molecule has 3 aliphatic rings. The number of thiol groups is 1. The maximum Gasteiger partial charge on any atom is 0.282 e. The highest BCUT2D eigenvalue weighted by Gasteiger charge is 2.56. The van der Waals surface area contributed by atoms with Crippen molar-refractivity contribution in [1.82, 2.24) is 39.8 Å². The molecule has 0 amide bonds. The van der Waals surface area contributed by atoms with Gasteiger partial charge in [-0.25, -0.2) is 18.8 Å². The lowest BCUT2D eigenvalue weighted by Crippen LogP contribution is -2.31. The fraction of sp³-hybridized carbons (Fsp3) is 0.600. The van der Waals surface area contributed by atoms with Crippen LogP contribution >= 0.6 is 18.8 Å². The lowest BCUT2D eigenvalue weighted by Gasteiger charge is -2.25. The Morgan fingerprint density at radius 2 is 2.00 bits per heavy atom. The zero-order valence-electron chi connectivity index (χ0n) is 21.3. The van der Waals surface area contributed by atoms with Crippen LogP contribution < -0.4 is 22.3 Å². The number of aliphatic hydroxyl groups is 2. The van der Waals surface area contributed by atoms with E-state index in [1.54, 1.807) is 0 Å². The zero-order valence-corrected chi connectivity index (χ0v) is 23.1. The van der Waals surface area contributed by atoms with Gasteiger partial charge in [-0.2, -0.15) is 9.67 Å². The normalized spacial score (nSPS) is 34.0. The van der Waals surface area contributed by atoms with E-state index in [0.29, 0.717) is 5.69 Å². The molecular formula is C20H26F2N11O7PS. The first kappa shape index (κ1) is 29.1. The van der Waals surface area contributed by atoms with Crippen molar-refractivity contribution in [2.75, 3.05) is 18.9 Å². The standard InChI is InChI=1S/C20H26F2N11O7PS/c21-8-7(3-34)40-19(33-16-11(30-31-33)17(36)29-20(24)28-16)13(8)41(37,42)38-2-1-6-12(35)9(22)18(39-6)32-5-27-10-14(23)25-4-26-15(10)32/h4-9,12-14,18-19,34-35H,1-3,23H2,(H,25,26)(H,37,42)(H3,24,28,29,36)/t6-,7-,8-,9+,12-,13-,14?,18-,19-,41?/m1/s1. The maximum atomic E-state index is 15.5. The summed E-state index contributed by atoms with van der Waals surface area (Å²) in [6, 6.07) is 0. The number of nitrogens with two attached hydrogens (primary N) is 2. The van der Waals surface area contributed by atoms with Gasteiger partial charge in [-0.05, 0) is 0 Å². The van der Waals surface area contributed by atoms with E-state index < -0.39 is 80.3 Å². The number of imidazole rings is 1. The summed E-state index contributed by atoms with van der Waals surface area (Å²) in [5.41, 5.74) is 9.11. The Hall–Kier alpha value is -3.04. The van der Waals surface area contributed by atoms with E-state index in [-0.39, 0.29) is 29.4 Å². The molecule has 2 saturated heterocycles. The lowest BCUT2D eigenvalue weighted by atomic mass is 10.1. The van der Waals surface area contributed by atoms with Crippen LogP contribution in [0.2, 0.25) is 0 Å². The molecule has 42 heavy (non-hydrogen) atoms. The number of nitrogen functional groups attached to an aromatic ring is 1. The first-order valence-corrected chi connectivity index (χ1v) is 15.4. The first-order valence-electron chi connectivity index (χ1n) is 12.6. The van der Waals surface area contributed by atoms with Gasteiger partial charge in [0.1, 0.15) is 35.9 Å². The van der Waals surface area contributed by atoms with E-state index in [2.05, 4.69) is 47.8 Å². The van der Waals surface area contributed by atoms with E-state index >= 15 is 8.78 Å². The highest BCUT2D eigenvalue weighted by Crippen LogP contribution is 2.64. The number of rotatable bonds is 8. The average Bonchev–Trinajstić information content (AvgIpc) is 3.70. The Kier molecular flexibility index (Phi) is 7.54. The summed E-state index contributed by atoms with van der Waals surface area (Å²) < 4.78 is 63.3. The second-order valence-electron chi connectivity index (χ2n) is 9.79. The highest BCUT2D eigenvalue weighted by atomic mass is 32.7. The number of aromatic amines is 1. The van der Waals surface area contributed by atoms with Crippen LogP contribution in [0.25, 0.3) is 11.2 Å². The number of hydrogen-bond donors (Lipinski definition) is 7. The molecule has 3 aromatic heterocycles. The Labute approximate surface area is 239 Å². The van der Waals surface area contributed by atoms with Crippen molar-refractivity contribution in [3.8, 4) is 0 Å². The molecule has 18 nitrogen and oxygen atoms in total. The van der Waals surface area contributed by atoms with Crippen molar-refractivity contribution < 1.29 is 37.6 Å². The number of nitrogens with zero attached hydrogens (tertiary/aromatic N) is 7. The van der Waals surface area contributed by atoms with Gasteiger partial charge < -0.3 is 41.0 Å². The number of fused-ring (bicyclic) bond motifs is 2. The van der Waals surface area contributed by atoms with Gasteiger partial charge in [0, 0.05) is 6.42 Å². The Bertz CT molecular complexity index is 1620. The molecule has 3 aromatic rings. The Morgan fingerprint density at radius 1 is 1.24 bits per heavy atom. The lowest BCUT2D eigenvalue weighted by molar-refractivity contribution is -0.0379. The van der Waals surface area contributed by atoms with Crippen molar-refractivity contribution in [2.45, 2.75) is 61.4 Å². The summed E-state index contributed by atoms with van der Waals surface area (Å²) in [6.45, 7) is -5.45. The molecule has 0 saturated carbocycles. The number of aliphatic hydroxyl groups excluding tert-OH is 2. The van der Waals surface area contributed by atoms with E-state index in [1.165, 1.54) is 17.2 Å². The van der Waals surface area contributed by atoms with E-state index in [9.17, 15) is 19.6 Å². The fourth-order valence-corrected chi connectivity index (χ4v) is 7.72. The number of hydrogen-bond acceptors (Lipinski definition) is 15. The number of nitrogens with one attached hydrogen (secondary N) is 2. The second kappa shape index (κ2) is 10.9. The average molecular weight is 634 g/mol. The van der Waals surface area contributed by atoms with Crippen LogP contribution in [0.15, 0.2) is 16.1 Å². The van der Waals surface area contributed by atoms with Crippen molar-refractivity contribution in [3.05, 3.63) is 22.4 Å². The summed E-state index contributed by atoms with van der Waals surface area (Å²) in [6.07, 6.45) is -9.08. The van der Waals surface area contributed by atoms with Crippen molar-refractivity contribution in [3.63, 3.8) is 0 Å². The van der Waals surface area contributed by atoms with Gasteiger partial charge in [0.05, 0.1) is 32.0 Å². The second-order valence-corrected chi connectivity index (χ2v) is 13.4. The van der Waals surface area contributed by atoms with Gasteiger partial charge in [0.25, 0.3) is 12.1 Å². The van der Waals surface area contributed by atoms with Gasteiger partial charge >= 0.3 is 0 Å². The Morgan fingerprint density at radius 3 is 2.76 bits per heavy atom. The molecule has 0 aromatic carbocycles. The van der Waals surface area contributed by atoms with Crippen LogP contribution in [-0.2, 0) is 18.6 Å². The number of halogens is 2. The minimum absolute atomic E-state index is 0.164. The molecule has 0 spiro atoms. The maximum absolute atomic E-state index is 15.5. The fourth-order valence-electron chi connectivity index (χ4n) is 5.14. The van der Waals surface area contributed by atoms with Gasteiger partial charge in [0.15, 0.2) is 35.6 Å². The SMILES string of the molecule is Nc1nc2c(nnn2[C@@H]2O[C@H](CO)[C@@H](F)[C@H]2P(=O)(S)OCC[C@H]2O[C@@H](n3cnc4c3N=CNC4N)[C@@H](F)[C@@H]2O)c(=O)[nH]1. The first-order chi connectivity index (χ1) is 20.0. The number of aliphatic imine (C=N–C) groups is 1. The van der Waals surface area contributed by atoms with Crippen LogP contribution in [-0.4, -0.2) is 101 Å². The van der Waals surface area contributed by atoms with Crippen molar-refractivity contribution in [1.29, 1.82) is 0 Å². The summed E-state index contributed by atoms with van der Waals surface area (Å²) in [5, 5.41) is 30.4. The third-order valence-corrected chi connectivity index (χ3v) is 10.2. The monoisotopic (exact) mass is 633 g/mol. The molecule has 6 heterocycles. The third kappa shape index (κ3) is 4.78. The smallest absolute Gasteiger partial charge is 0.282 e. The zero-order chi connectivity index (χ0) is 29.9. The highest BCUT2D eigenvalue weighted by molar-refractivity contribution is 8.46. The molecule has 22 heteroatoms. The summed E-state index contributed by atoms with van der Waals surface area (Å²) >= 11 is 4.13. The predicted molar refractivity (Wildman–Crippen MR) is 142 cm³/mol. The van der Waals surface area contributed by atoms with Crippen LogP contribution in [0.5, 0.6) is 0 Å². The summed E-state index contributed by atoms with van der Waals surface area (Å²) in [4.78, 5) is 26.6. The van der Waals surface area contributed by atoms with Crippen LogP contribution in [0, 0.1) is 0 Å². The van der Waals surface area contributed by atoms with Gasteiger partial charge in [0.2, 0.25) is 5.95 Å². The van der Waals surface area contributed by atoms with Crippen LogP contribution in [0.1, 0.15) is 30.7 Å². The largest absolute Gasteiger partial charge is 0.394 e. The number of alkyl halides is 2. The number of anilines is 1. The molecule has 0 radical (unpaired) electrons. The molecule has 2 unspecified atom stereocenters. The number of aromatic nitrogens is 7. The molecule has 6 rings (SSSR count). The molecule has 8 N–H and O–H groups in total. The van der Waals surface area contributed by atoms with E-state index in [1.807, 2.05) is 0 Å². The molecule has 0 aliphatic carbocycles. The summed E-state index contributed by atoms with van der Waals surface area (Å²) in [5.74, 6) is -0.0232. The third-order valence-electron chi connectivity index (χ3n) is 7.22. The van der Waals surface area contributed by atoms with E-state index in [4.69, 9.17) is 25.5 Å². The number of ether oxygens (including phenoxy) is 2. The van der Waals surface area contributed by atoms with Gasteiger partial charge in [-0.3, -0.25) is 18.9 Å². The van der Waals surface area contributed by atoms with Gasteiger partial charge in [-0.1, -0.05) is 17.5 Å². The van der Waals surface area contributed by atoms with Crippen LogP contribution in [0.4, 0.5) is 20.5 Å². The minimum atomic E-state index is -4.26. The topological polar surface area (TPSA) is 256 Å². The molecule has 0 bridgehead atoms. The number of H-pyrrole nitrogens is 1. The predicted octanol–water partition coefficient (Wildman–Crippen LogP) is -1.06. The Balaban J connectivity index is 1.18. The molecular weight excluding hydrogens is 607 g/mol. The molecule has 2 fully saturated rings.